The summed E-state index contributed by atoms with van der Waals surface area (Å²) in [6.07, 6.45) is 4.34. The van der Waals surface area contributed by atoms with Crippen LogP contribution in [0.1, 0.15) is 43.2 Å². The molecular weight excluding hydrogens is 528 g/mol. The first-order chi connectivity index (χ1) is 17.2. The third-order valence-electron chi connectivity index (χ3n) is 7.90. The van der Waals surface area contributed by atoms with Crippen molar-refractivity contribution in [3.05, 3.63) is 42.0 Å². The molecule has 1 aromatic carbocycles. The van der Waals surface area contributed by atoms with E-state index in [9.17, 15) is 19.5 Å². The molecule has 3 heterocycles. The predicted molar refractivity (Wildman–Crippen MR) is 139 cm³/mol. The molecule has 196 valence electrons. The fourth-order valence-corrected chi connectivity index (χ4v) is 7.42. The number of aryl methyl sites for hydroxylation is 2. The molecule has 9 heteroatoms. The van der Waals surface area contributed by atoms with Crippen molar-refractivity contribution in [1.29, 1.82) is 0 Å². The van der Waals surface area contributed by atoms with Crippen LogP contribution in [0.4, 0.5) is 5.69 Å². The fraction of sp³-hybridized carbons (Fsp3) is 0.593. The van der Waals surface area contributed by atoms with Gasteiger partial charge >= 0.3 is 5.97 Å². The summed E-state index contributed by atoms with van der Waals surface area (Å²) in [5.41, 5.74) is 1.43. The van der Waals surface area contributed by atoms with Crippen molar-refractivity contribution in [2.75, 3.05) is 24.6 Å². The number of alkyl halides is 1. The molecule has 2 amide bonds. The smallest absolute Gasteiger partial charge is 0.310 e. The van der Waals surface area contributed by atoms with Gasteiger partial charge in [-0.2, -0.15) is 0 Å². The Bertz CT molecular complexity index is 1030. The number of hydrogen-bond donors (Lipinski definition) is 2. The number of hydrogen-bond acceptors (Lipinski definition) is 5. The molecule has 3 fully saturated rings. The zero-order valence-corrected chi connectivity index (χ0v) is 22.4. The number of carbonyl (C=O) groups excluding carboxylic acids is 2. The Balaban J connectivity index is 1.76. The number of aliphatic hydroxyl groups is 1. The van der Waals surface area contributed by atoms with E-state index in [2.05, 4.69) is 22.5 Å². The molecule has 2 bridgehead atoms. The first-order valence-electron chi connectivity index (χ1n) is 12.6. The van der Waals surface area contributed by atoms with E-state index in [-0.39, 0.29) is 29.8 Å². The van der Waals surface area contributed by atoms with Gasteiger partial charge in [0.2, 0.25) is 5.91 Å². The van der Waals surface area contributed by atoms with Crippen molar-refractivity contribution in [3.8, 4) is 0 Å². The van der Waals surface area contributed by atoms with Crippen LogP contribution in [0.3, 0.4) is 0 Å². The minimum Gasteiger partial charge on any atom is -0.481 e. The third-order valence-corrected chi connectivity index (χ3v) is 8.75. The van der Waals surface area contributed by atoms with Crippen LogP contribution >= 0.6 is 15.9 Å². The first kappa shape index (κ1) is 26.8. The van der Waals surface area contributed by atoms with Crippen molar-refractivity contribution in [1.82, 2.24) is 4.90 Å². The molecule has 4 rings (SSSR count). The number of nitrogens with zero attached hydrogens (tertiary/aromatic N) is 2. The lowest BCUT2D eigenvalue weighted by Crippen LogP contribution is -2.57. The SMILES string of the molecule is C=CCN(C(=O)[C@H]1N(CCCCCCO)C(=O)[C@@H]2[C@@H](C(=O)O)[C@@H]3O[C@@]21CC3Br)c1c(C)cccc1C. The molecule has 2 N–H and O–H groups in total. The molecule has 8 nitrogen and oxygen atoms in total. The highest BCUT2D eigenvalue weighted by Crippen LogP contribution is 2.60. The molecule has 0 aromatic heterocycles. The van der Waals surface area contributed by atoms with E-state index in [0.29, 0.717) is 25.8 Å². The Labute approximate surface area is 220 Å². The number of unbranched alkanes of at least 4 members (excludes halogenated alkanes) is 3. The van der Waals surface area contributed by atoms with Crippen LogP contribution in [0.15, 0.2) is 30.9 Å². The molecule has 6 atom stereocenters. The lowest BCUT2D eigenvalue weighted by molar-refractivity contribution is -0.149. The summed E-state index contributed by atoms with van der Waals surface area (Å²) < 4.78 is 6.38. The van der Waals surface area contributed by atoms with Crippen LogP contribution in [0, 0.1) is 25.7 Å². The normalized spacial score (nSPS) is 30.5. The monoisotopic (exact) mass is 562 g/mol. The molecule has 3 aliphatic rings. The van der Waals surface area contributed by atoms with E-state index in [0.717, 1.165) is 29.7 Å². The van der Waals surface area contributed by atoms with Gasteiger partial charge in [0.25, 0.3) is 5.91 Å². The van der Waals surface area contributed by atoms with Gasteiger partial charge in [-0.25, -0.2) is 0 Å². The van der Waals surface area contributed by atoms with Crippen LogP contribution in [0.5, 0.6) is 0 Å². The fourth-order valence-electron chi connectivity index (χ4n) is 6.48. The maximum absolute atomic E-state index is 14.4. The number of carboxylic acids is 1. The van der Waals surface area contributed by atoms with Crippen molar-refractivity contribution >= 4 is 39.4 Å². The second-order valence-corrected chi connectivity index (χ2v) is 11.3. The number of aliphatic hydroxyl groups excluding tert-OH is 1. The molecule has 3 aliphatic heterocycles. The van der Waals surface area contributed by atoms with Gasteiger partial charge in [-0.3, -0.25) is 14.4 Å². The molecule has 1 spiro atoms. The van der Waals surface area contributed by atoms with Gasteiger partial charge in [-0.15, -0.1) is 6.58 Å². The molecule has 3 saturated heterocycles. The Hall–Kier alpha value is -2.23. The summed E-state index contributed by atoms with van der Waals surface area (Å²) in [5, 5.41) is 19.1. The van der Waals surface area contributed by atoms with E-state index in [1.54, 1.807) is 15.9 Å². The molecular formula is C27H35BrN2O6. The van der Waals surface area contributed by atoms with Crippen molar-refractivity contribution in [3.63, 3.8) is 0 Å². The highest BCUT2D eigenvalue weighted by atomic mass is 79.9. The number of anilines is 1. The molecule has 36 heavy (non-hydrogen) atoms. The number of para-hydroxylation sites is 1. The van der Waals surface area contributed by atoms with Gasteiger partial charge in [-0.1, -0.05) is 53.0 Å². The maximum Gasteiger partial charge on any atom is 0.310 e. The Morgan fingerprint density at radius 1 is 1.25 bits per heavy atom. The van der Waals surface area contributed by atoms with E-state index >= 15 is 0 Å². The maximum atomic E-state index is 14.4. The summed E-state index contributed by atoms with van der Waals surface area (Å²) in [6.45, 7) is 8.44. The van der Waals surface area contributed by atoms with Gasteiger partial charge < -0.3 is 24.7 Å². The number of amides is 2. The number of fused-ring (bicyclic) bond motifs is 1. The van der Waals surface area contributed by atoms with E-state index < -0.39 is 35.6 Å². The van der Waals surface area contributed by atoms with Gasteiger partial charge in [0, 0.05) is 30.2 Å². The summed E-state index contributed by atoms with van der Waals surface area (Å²) in [7, 11) is 0. The predicted octanol–water partition coefficient (Wildman–Crippen LogP) is 3.21. The number of benzene rings is 1. The number of likely N-dealkylation sites (tertiary alicyclic amines) is 1. The quantitative estimate of drug-likeness (QED) is 0.243. The highest BCUT2D eigenvalue weighted by Gasteiger charge is 2.76. The van der Waals surface area contributed by atoms with Crippen molar-refractivity contribution in [2.45, 2.75) is 68.5 Å². The standard InChI is InChI=1S/C27H35BrN2O6/c1-4-12-29(21-16(2)10-9-11-17(21)3)25(33)23-27-15-18(28)22(36-27)19(26(34)35)20(27)24(32)30(23)13-7-5-6-8-14-31/h4,9-11,18-20,22-23,31H,1,5-8,12-15H2,2-3H3,(H,34,35)/t18?,19-,20+,22-,23-,27+/m1/s1. The van der Waals surface area contributed by atoms with Crippen LogP contribution < -0.4 is 4.90 Å². The molecule has 0 aliphatic carbocycles. The lowest BCUT2D eigenvalue weighted by atomic mass is 9.70. The van der Waals surface area contributed by atoms with Gasteiger partial charge in [0.15, 0.2) is 0 Å². The minimum atomic E-state index is -1.20. The number of halogens is 1. The van der Waals surface area contributed by atoms with E-state index in [4.69, 9.17) is 9.84 Å². The van der Waals surface area contributed by atoms with Gasteiger partial charge in [-0.05, 0) is 44.2 Å². The molecule has 1 unspecified atom stereocenters. The van der Waals surface area contributed by atoms with Crippen LogP contribution in [-0.4, -0.2) is 75.2 Å². The van der Waals surface area contributed by atoms with Crippen molar-refractivity contribution < 1.29 is 29.3 Å². The number of ether oxygens (including phenoxy) is 1. The van der Waals surface area contributed by atoms with Crippen LogP contribution in [-0.2, 0) is 19.1 Å². The number of rotatable bonds is 11. The highest BCUT2D eigenvalue weighted by molar-refractivity contribution is 9.09. The summed E-state index contributed by atoms with van der Waals surface area (Å²) in [5.74, 6) is -3.56. The van der Waals surface area contributed by atoms with Crippen molar-refractivity contribution in [2.24, 2.45) is 11.8 Å². The summed E-state index contributed by atoms with van der Waals surface area (Å²) in [6, 6.07) is 4.89. The lowest BCUT2D eigenvalue weighted by Gasteiger charge is -2.37. The Morgan fingerprint density at radius 2 is 1.92 bits per heavy atom. The van der Waals surface area contributed by atoms with Gasteiger partial charge in [0.1, 0.15) is 11.6 Å². The number of carboxylic acid groups (broad SMARTS) is 1. The minimum absolute atomic E-state index is 0.114. The van der Waals surface area contributed by atoms with E-state index in [1.165, 1.54) is 0 Å². The topological polar surface area (TPSA) is 107 Å². The second kappa shape index (κ2) is 10.6. The summed E-state index contributed by atoms with van der Waals surface area (Å²) >= 11 is 3.59. The molecule has 1 aromatic rings. The molecule has 0 saturated carbocycles. The zero-order valence-electron chi connectivity index (χ0n) is 20.9. The average molecular weight is 563 g/mol. The molecule has 0 radical (unpaired) electrons. The largest absolute Gasteiger partial charge is 0.481 e. The second-order valence-electron chi connectivity index (χ2n) is 10.1. The Morgan fingerprint density at radius 3 is 2.53 bits per heavy atom. The third kappa shape index (κ3) is 4.29. The first-order valence-corrected chi connectivity index (χ1v) is 13.6. The Kier molecular flexibility index (Phi) is 7.92. The number of carbonyl (C=O) groups is 3. The van der Waals surface area contributed by atoms with Crippen LogP contribution in [0.2, 0.25) is 0 Å². The average Bonchev–Trinajstić information content (AvgIpc) is 3.41. The zero-order chi connectivity index (χ0) is 26.2. The summed E-state index contributed by atoms with van der Waals surface area (Å²) in [4.78, 5) is 43.5. The van der Waals surface area contributed by atoms with E-state index in [1.807, 2.05) is 32.0 Å². The number of aliphatic carboxylic acids is 1. The van der Waals surface area contributed by atoms with Crippen LogP contribution in [0.25, 0.3) is 0 Å². The van der Waals surface area contributed by atoms with Gasteiger partial charge in [0.05, 0.1) is 17.9 Å².